The van der Waals surface area contributed by atoms with Gasteiger partial charge in [-0.05, 0) is 23.8 Å². The van der Waals surface area contributed by atoms with Gasteiger partial charge < -0.3 is 9.88 Å². The third kappa shape index (κ3) is 4.72. The second-order valence-electron chi connectivity index (χ2n) is 5.88. The number of hydrogen-bond acceptors (Lipinski definition) is 2. The molecule has 0 aliphatic carbocycles. The first kappa shape index (κ1) is 19.5. The Hall–Kier alpha value is -2.27. The van der Waals surface area contributed by atoms with Gasteiger partial charge >= 0.3 is 0 Å². The third-order valence-corrected chi connectivity index (χ3v) is 4.97. The average Bonchev–Trinajstić information content (AvgIpc) is 2.66. The van der Waals surface area contributed by atoms with Crippen LogP contribution >= 0.6 is 34.8 Å². The van der Waals surface area contributed by atoms with Crippen molar-refractivity contribution >= 4 is 40.7 Å². The van der Waals surface area contributed by atoms with Crippen LogP contribution in [0, 0.1) is 0 Å². The van der Waals surface area contributed by atoms with Gasteiger partial charge in [-0.2, -0.15) is 0 Å². The van der Waals surface area contributed by atoms with Gasteiger partial charge in [0.1, 0.15) is 5.02 Å². The number of benzene rings is 2. The predicted octanol–water partition coefficient (Wildman–Crippen LogP) is 4.79. The Morgan fingerprint density at radius 2 is 1.59 bits per heavy atom. The van der Waals surface area contributed by atoms with E-state index in [1.807, 2.05) is 30.3 Å². The summed E-state index contributed by atoms with van der Waals surface area (Å²) in [5.41, 5.74) is 1.40. The highest BCUT2D eigenvalue weighted by molar-refractivity contribution is 6.36. The van der Waals surface area contributed by atoms with Gasteiger partial charge in [0, 0.05) is 28.4 Å². The van der Waals surface area contributed by atoms with E-state index < -0.39 is 5.56 Å². The minimum Gasteiger partial charge on any atom is -0.348 e. The number of aromatic nitrogens is 1. The maximum absolute atomic E-state index is 12.5. The van der Waals surface area contributed by atoms with Crippen LogP contribution in [-0.2, 0) is 13.1 Å². The number of rotatable bonds is 5. The lowest BCUT2D eigenvalue weighted by Crippen LogP contribution is -2.27. The summed E-state index contributed by atoms with van der Waals surface area (Å²) < 4.78 is 1.33. The Morgan fingerprint density at radius 1 is 0.926 bits per heavy atom. The van der Waals surface area contributed by atoms with E-state index in [0.29, 0.717) is 22.2 Å². The van der Waals surface area contributed by atoms with Gasteiger partial charge in [-0.1, -0.05) is 71.2 Å². The molecule has 0 radical (unpaired) electrons. The molecule has 0 saturated carbocycles. The molecule has 0 aliphatic rings. The lowest BCUT2D eigenvalue weighted by molar-refractivity contribution is 0.0950. The molecule has 4 nitrogen and oxygen atoms in total. The zero-order valence-electron chi connectivity index (χ0n) is 14.1. The first-order valence-electron chi connectivity index (χ1n) is 8.10. The summed E-state index contributed by atoms with van der Waals surface area (Å²) in [6.45, 7) is 0.476. The number of pyridine rings is 1. The van der Waals surface area contributed by atoms with Crippen LogP contribution in [0.3, 0.4) is 0 Å². The van der Waals surface area contributed by atoms with Crippen LogP contribution in [0.5, 0.6) is 0 Å². The summed E-state index contributed by atoms with van der Waals surface area (Å²) in [5.74, 6) is -0.334. The first-order chi connectivity index (χ1) is 13.0. The number of nitrogens with zero attached hydrogens (tertiary/aromatic N) is 1. The minimum absolute atomic E-state index is 0.0504. The molecule has 2 aromatic carbocycles. The lowest BCUT2D eigenvalue weighted by atomic mass is 10.2. The number of carbonyl (C=O) groups excluding carboxylic acids is 1. The van der Waals surface area contributed by atoms with Crippen LogP contribution < -0.4 is 10.9 Å². The van der Waals surface area contributed by atoms with Crippen molar-refractivity contribution in [1.82, 2.24) is 9.88 Å². The Balaban J connectivity index is 1.85. The van der Waals surface area contributed by atoms with Crippen molar-refractivity contribution in [3.8, 4) is 0 Å². The molecule has 0 aliphatic heterocycles. The highest BCUT2D eigenvalue weighted by Crippen LogP contribution is 2.25. The molecule has 1 aromatic heterocycles. The van der Waals surface area contributed by atoms with E-state index in [4.69, 9.17) is 34.8 Å². The van der Waals surface area contributed by atoms with E-state index in [-0.39, 0.29) is 23.0 Å². The summed E-state index contributed by atoms with van der Waals surface area (Å²) in [7, 11) is 0. The topological polar surface area (TPSA) is 51.1 Å². The van der Waals surface area contributed by atoms with Gasteiger partial charge in [0.25, 0.3) is 11.5 Å². The fraction of sp³-hybridized carbons (Fsp3) is 0.100. The molecular weight excluding hydrogens is 407 g/mol. The Morgan fingerprint density at radius 3 is 2.26 bits per heavy atom. The molecular formula is C20H15Cl3N2O2. The van der Waals surface area contributed by atoms with Crippen molar-refractivity contribution in [1.29, 1.82) is 0 Å². The highest BCUT2D eigenvalue weighted by Gasteiger charge is 2.14. The van der Waals surface area contributed by atoms with Crippen LogP contribution in [0.1, 0.15) is 21.5 Å². The lowest BCUT2D eigenvalue weighted by Gasteiger charge is -2.12. The van der Waals surface area contributed by atoms with Crippen molar-refractivity contribution < 1.29 is 4.79 Å². The molecule has 0 bridgehead atoms. The molecule has 0 unspecified atom stereocenters. The zero-order valence-corrected chi connectivity index (χ0v) is 16.4. The van der Waals surface area contributed by atoms with E-state index in [1.165, 1.54) is 16.8 Å². The smallest absolute Gasteiger partial charge is 0.269 e. The molecule has 3 aromatic rings. The van der Waals surface area contributed by atoms with E-state index >= 15 is 0 Å². The van der Waals surface area contributed by atoms with E-state index in [9.17, 15) is 9.59 Å². The van der Waals surface area contributed by atoms with E-state index in [1.54, 1.807) is 18.2 Å². The van der Waals surface area contributed by atoms with Crippen molar-refractivity contribution in [3.05, 3.63) is 103 Å². The number of halogens is 3. The van der Waals surface area contributed by atoms with Gasteiger partial charge in [0.05, 0.1) is 12.1 Å². The predicted molar refractivity (Wildman–Crippen MR) is 109 cm³/mol. The second-order valence-corrected chi connectivity index (χ2v) is 7.10. The number of amides is 1. The molecule has 1 N–H and O–H groups in total. The maximum atomic E-state index is 12.5. The molecule has 0 saturated heterocycles. The number of carbonyl (C=O) groups is 1. The van der Waals surface area contributed by atoms with Crippen molar-refractivity contribution in [2.75, 3.05) is 0 Å². The van der Waals surface area contributed by atoms with Crippen LogP contribution in [-0.4, -0.2) is 10.5 Å². The molecule has 138 valence electrons. The summed E-state index contributed by atoms with van der Waals surface area (Å²) in [6, 6.07) is 16.0. The van der Waals surface area contributed by atoms with Gasteiger partial charge in [0.2, 0.25) is 0 Å². The first-order valence-corrected chi connectivity index (χ1v) is 9.24. The van der Waals surface area contributed by atoms with Gasteiger partial charge in [0.15, 0.2) is 0 Å². The third-order valence-electron chi connectivity index (χ3n) is 3.99. The second kappa shape index (κ2) is 8.61. The molecule has 0 spiro atoms. The molecule has 0 atom stereocenters. The quantitative estimate of drug-likeness (QED) is 0.644. The summed E-state index contributed by atoms with van der Waals surface area (Å²) in [4.78, 5) is 24.8. The van der Waals surface area contributed by atoms with Crippen molar-refractivity contribution in [2.45, 2.75) is 13.1 Å². The zero-order chi connectivity index (χ0) is 19.4. The molecule has 1 heterocycles. The number of nitrogens with one attached hydrogen (secondary N) is 1. The molecule has 1 amide bonds. The molecule has 3 rings (SSSR count). The van der Waals surface area contributed by atoms with E-state index in [0.717, 1.165) is 5.56 Å². The highest BCUT2D eigenvalue weighted by atomic mass is 35.5. The molecule has 27 heavy (non-hydrogen) atoms. The monoisotopic (exact) mass is 420 g/mol. The molecule has 7 heteroatoms. The Bertz CT molecular complexity index is 1010. The summed E-state index contributed by atoms with van der Waals surface area (Å²) in [5, 5.41) is 3.63. The largest absolute Gasteiger partial charge is 0.348 e. The van der Waals surface area contributed by atoms with Crippen molar-refractivity contribution in [2.24, 2.45) is 0 Å². The average molecular weight is 422 g/mol. The Kier molecular flexibility index (Phi) is 6.22. The minimum atomic E-state index is -0.424. The Labute approximate surface area is 171 Å². The normalized spacial score (nSPS) is 10.6. The van der Waals surface area contributed by atoms with Gasteiger partial charge in [-0.25, -0.2) is 0 Å². The number of hydrogen-bond donors (Lipinski definition) is 1. The van der Waals surface area contributed by atoms with Crippen LogP contribution in [0.2, 0.25) is 15.1 Å². The summed E-state index contributed by atoms with van der Waals surface area (Å²) >= 11 is 18.4. The molecule has 0 fully saturated rings. The fourth-order valence-electron chi connectivity index (χ4n) is 2.57. The van der Waals surface area contributed by atoms with E-state index in [2.05, 4.69) is 5.32 Å². The summed E-state index contributed by atoms with van der Waals surface area (Å²) in [6.07, 6.45) is 1.45. The standard InChI is InChI=1S/C20H15Cl3N2O2/c21-16-7-4-8-17(22)15(16)12-25-11-14(9-18(23)20(25)27)19(26)24-10-13-5-2-1-3-6-13/h1-9,11H,10,12H2,(H,24,26). The van der Waals surface area contributed by atoms with Crippen LogP contribution in [0.4, 0.5) is 0 Å². The van der Waals surface area contributed by atoms with Gasteiger partial charge in [-0.3, -0.25) is 9.59 Å². The van der Waals surface area contributed by atoms with Gasteiger partial charge in [-0.15, -0.1) is 0 Å². The SMILES string of the molecule is O=C(NCc1ccccc1)c1cc(Cl)c(=O)n(Cc2c(Cl)cccc2Cl)c1. The maximum Gasteiger partial charge on any atom is 0.269 e. The van der Waals surface area contributed by atoms with Crippen LogP contribution in [0.15, 0.2) is 65.6 Å². The van der Waals surface area contributed by atoms with Crippen molar-refractivity contribution in [3.63, 3.8) is 0 Å². The van der Waals surface area contributed by atoms with Crippen LogP contribution in [0.25, 0.3) is 0 Å². The fourth-order valence-corrected chi connectivity index (χ4v) is 3.32.